The quantitative estimate of drug-likeness (QED) is 0.622. The Labute approximate surface area is 191 Å². The molecule has 0 spiro atoms. The molecule has 2 N–H and O–H groups in total. The van der Waals surface area contributed by atoms with Crippen LogP contribution in [0, 0.1) is 0 Å². The minimum atomic E-state index is -0.154. The van der Waals surface area contributed by atoms with Gasteiger partial charge in [0.2, 0.25) is 11.8 Å². The van der Waals surface area contributed by atoms with Crippen molar-refractivity contribution >= 4 is 11.9 Å². The third-order valence-corrected chi connectivity index (χ3v) is 6.21. The van der Waals surface area contributed by atoms with Crippen molar-refractivity contribution < 1.29 is 14.1 Å². The second kappa shape index (κ2) is 11.6. The molecule has 0 radical (unpaired) electrons. The molecule has 0 unspecified atom stereocenters. The average molecular weight is 449 g/mol. The minimum absolute atomic E-state index is 0.106. The number of carbonyl (C=O) groups is 2. The zero-order valence-electron chi connectivity index (χ0n) is 20.0. The van der Waals surface area contributed by atoms with Crippen LogP contribution in [0.15, 0.2) is 4.52 Å². The van der Waals surface area contributed by atoms with E-state index in [1.807, 2.05) is 4.90 Å². The van der Waals surface area contributed by atoms with Gasteiger partial charge in [-0.15, -0.1) is 0 Å². The molecule has 2 aliphatic rings. The molecule has 1 saturated heterocycles. The lowest BCUT2D eigenvalue weighted by Gasteiger charge is -2.23. The Balaban J connectivity index is 1.32. The molecule has 9 nitrogen and oxygen atoms in total. The van der Waals surface area contributed by atoms with Gasteiger partial charge in [-0.3, -0.25) is 9.69 Å². The minimum Gasteiger partial charge on any atom is -0.341 e. The molecule has 3 amide bonds. The van der Waals surface area contributed by atoms with Crippen LogP contribution in [0.3, 0.4) is 0 Å². The number of urea groups is 1. The van der Waals surface area contributed by atoms with Gasteiger partial charge in [0.25, 0.3) is 0 Å². The molecular weight excluding hydrogens is 408 g/mol. The van der Waals surface area contributed by atoms with E-state index in [2.05, 4.69) is 46.4 Å². The number of nitrogens with one attached hydrogen (secondary N) is 2. The Hall–Kier alpha value is -2.16. The zero-order chi connectivity index (χ0) is 23.0. The van der Waals surface area contributed by atoms with Gasteiger partial charge in [-0.2, -0.15) is 4.98 Å². The second-order valence-corrected chi connectivity index (χ2v) is 10.1. The highest BCUT2D eigenvalue weighted by molar-refractivity contribution is 5.76. The largest absolute Gasteiger partial charge is 0.341 e. The van der Waals surface area contributed by atoms with E-state index in [4.69, 9.17) is 4.52 Å². The van der Waals surface area contributed by atoms with Crippen LogP contribution in [0.25, 0.3) is 0 Å². The number of aromatic nitrogens is 2. The summed E-state index contributed by atoms with van der Waals surface area (Å²) < 4.78 is 5.39. The molecule has 0 bridgehead atoms. The Morgan fingerprint density at radius 2 is 1.84 bits per heavy atom. The summed E-state index contributed by atoms with van der Waals surface area (Å²) in [6.45, 7) is 10.5. The first-order chi connectivity index (χ1) is 15.3. The molecule has 2 fully saturated rings. The maximum absolute atomic E-state index is 12.6. The zero-order valence-corrected chi connectivity index (χ0v) is 20.0. The molecule has 0 aromatic carbocycles. The number of nitrogens with zero attached hydrogens (tertiary/aromatic N) is 4. The highest BCUT2D eigenvalue weighted by Gasteiger charge is 2.24. The fourth-order valence-electron chi connectivity index (χ4n) is 4.28. The molecule has 1 aromatic rings. The molecule has 9 heteroatoms. The van der Waals surface area contributed by atoms with Gasteiger partial charge in [-0.25, -0.2) is 4.79 Å². The lowest BCUT2D eigenvalue weighted by molar-refractivity contribution is -0.131. The summed E-state index contributed by atoms with van der Waals surface area (Å²) in [5, 5.41) is 10.1. The smallest absolute Gasteiger partial charge is 0.315 e. The van der Waals surface area contributed by atoms with Crippen LogP contribution in [0.2, 0.25) is 0 Å². The molecular formula is C23H40N6O3. The molecule has 0 atom stereocenters. The van der Waals surface area contributed by atoms with Crippen LogP contribution in [0.1, 0.15) is 83.9 Å². The van der Waals surface area contributed by atoms with Gasteiger partial charge in [0.15, 0.2) is 5.82 Å². The summed E-state index contributed by atoms with van der Waals surface area (Å²) in [5.41, 5.74) is -0.154. The standard InChI is InChI=1S/C23H40N6O3/c1-23(2,3)21-26-19(27-32-21)17-28-13-8-14-29(16-15-28)20(30)11-7-12-24-22(31)25-18-9-5-4-6-10-18/h18H,4-17H2,1-3H3,(H2,24,25,31). The predicted octanol–water partition coefficient (Wildman–Crippen LogP) is 2.81. The van der Waals surface area contributed by atoms with Crippen LogP contribution in [-0.4, -0.2) is 70.6 Å². The summed E-state index contributed by atoms with van der Waals surface area (Å²) in [6, 6.07) is 0.198. The Morgan fingerprint density at radius 3 is 2.56 bits per heavy atom. The molecule has 2 heterocycles. The highest BCUT2D eigenvalue weighted by Crippen LogP contribution is 2.20. The predicted molar refractivity (Wildman–Crippen MR) is 122 cm³/mol. The number of hydrogen-bond donors (Lipinski definition) is 2. The van der Waals surface area contributed by atoms with Gasteiger partial charge < -0.3 is 20.1 Å². The lowest BCUT2D eigenvalue weighted by Crippen LogP contribution is -2.43. The maximum Gasteiger partial charge on any atom is 0.315 e. The molecule has 180 valence electrons. The summed E-state index contributed by atoms with van der Waals surface area (Å²) in [4.78, 5) is 33.4. The van der Waals surface area contributed by atoms with Gasteiger partial charge in [-0.1, -0.05) is 45.2 Å². The Morgan fingerprint density at radius 1 is 1.06 bits per heavy atom. The molecule has 1 aliphatic carbocycles. The normalized spacial score (nSPS) is 18.9. The first-order valence-electron chi connectivity index (χ1n) is 12.2. The van der Waals surface area contributed by atoms with Gasteiger partial charge in [-0.05, 0) is 25.7 Å². The SMILES string of the molecule is CC(C)(C)c1nc(CN2CCCN(C(=O)CCCNC(=O)NC3CCCCC3)CC2)no1. The van der Waals surface area contributed by atoms with E-state index in [1.54, 1.807) is 0 Å². The van der Waals surface area contributed by atoms with E-state index in [-0.39, 0.29) is 17.4 Å². The van der Waals surface area contributed by atoms with Crippen molar-refractivity contribution in [1.82, 2.24) is 30.6 Å². The fraction of sp³-hybridized carbons (Fsp3) is 0.826. The first kappa shape index (κ1) is 24.5. The number of carbonyl (C=O) groups excluding carboxylic acids is 2. The number of hydrogen-bond acceptors (Lipinski definition) is 6. The average Bonchev–Trinajstić information content (AvgIpc) is 3.11. The summed E-state index contributed by atoms with van der Waals surface area (Å²) in [6.07, 6.45) is 7.85. The molecule has 1 aliphatic heterocycles. The van der Waals surface area contributed by atoms with E-state index >= 15 is 0 Å². The van der Waals surface area contributed by atoms with Crippen LogP contribution < -0.4 is 10.6 Å². The van der Waals surface area contributed by atoms with Crippen LogP contribution in [-0.2, 0) is 16.8 Å². The van der Waals surface area contributed by atoms with Crippen molar-refractivity contribution in [3.05, 3.63) is 11.7 Å². The monoisotopic (exact) mass is 448 g/mol. The van der Waals surface area contributed by atoms with Gasteiger partial charge in [0.1, 0.15) is 0 Å². The third-order valence-electron chi connectivity index (χ3n) is 6.21. The first-order valence-corrected chi connectivity index (χ1v) is 12.2. The van der Waals surface area contributed by atoms with Crippen LogP contribution >= 0.6 is 0 Å². The van der Waals surface area contributed by atoms with E-state index in [1.165, 1.54) is 19.3 Å². The van der Waals surface area contributed by atoms with Crippen molar-refractivity contribution in [2.45, 2.75) is 90.1 Å². The summed E-state index contributed by atoms with van der Waals surface area (Å²) in [5.74, 6) is 1.52. The molecule has 1 saturated carbocycles. The van der Waals surface area contributed by atoms with Crippen LogP contribution in [0.5, 0.6) is 0 Å². The highest BCUT2D eigenvalue weighted by atomic mass is 16.5. The van der Waals surface area contributed by atoms with E-state index < -0.39 is 0 Å². The third kappa shape index (κ3) is 7.76. The fourth-order valence-corrected chi connectivity index (χ4v) is 4.28. The Bertz CT molecular complexity index is 738. The van der Waals surface area contributed by atoms with Crippen molar-refractivity contribution in [2.24, 2.45) is 0 Å². The van der Waals surface area contributed by atoms with Crippen LogP contribution in [0.4, 0.5) is 4.79 Å². The van der Waals surface area contributed by atoms with Crippen molar-refractivity contribution in [2.75, 3.05) is 32.7 Å². The van der Waals surface area contributed by atoms with Gasteiger partial charge in [0, 0.05) is 50.6 Å². The van der Waals surface area contributed by atoms with Crippen molar-refractivity contribution in [3.8, 4) is 0 Å². The number of rotatable bonds is 7. The van der Waals surface area contributed by atoms with Gasteiger partial charge in [0.05, 0.1) is 6.54 Å². The van der Waals surface area contributed by atoms with E-state index in [0.29, 0.717) is 50.2 Å². The van der Waals surface area contributed by atoms with Crippen molar-refractivity contribution in [1.29, 1.82) is 0 Å². The second-order valence-electron chi connectivity index (χ2n) is 10.1. The molecule has 1 aromatic heterocycles. The van der Waals surface area contributed by atoms with E-state index in [9.17, 15) is 9.59 Å². The van der Waals surface area contributed by atoms with E-state index in [0.717, 1.165) is 38.9 Å². The maximum atomic E-state index is 12.6. The van der Waals surface area contributed by atoms with Crippen molar-refractivity contribution in [3.63, 3.8) is 0 Å². The molecule has 32 heavy (non-hydrogen) atoms. The van der Waals surface area contributed by atoms with Gasteiger partial charge >= 0.3 is 6.03 Å². The Kier molecular flexibility index (Phi) is 8.90. The summed E-state index contributed by atoms with van der Waals surface area (Å²) >= 11 is 0. The molecule has 3 rings (SSSR count). The number of amides is 3. The summed E-state index contributed by atoms with van der Waals surface area (Å²) in [7, 11) is 0. The topological polar surface area (TPSA) is 104 Å². The lowest BCUT2D eigenvalue weighted by atomic mass is 9.96.